The first-order valence-electron chi connectivity index (χ1n) is 18.3. The summed E-state index contributed by atoms with van der Waals surface area (Å²) in [6.45, 7) is 13.1. The Balaban J connectivity index is 1.34. The third-order valence-corrected chi connectivity index (χ3v) is 10.7. The third kappa shape index (κ3) is 7.49. The number of rotatable bonds is 12. The van der Waals surface area contributed by atoms with Gasteiger partial charge in [-0.3, -0.25) is 14.4 Å². The zero-order chi connectivity index (χ0) is 37.2. The third-order valence-electron chi connectivity index (χ3n) is 10.7. The Bertz CT molecular complexity index is 1830. The van der Waals surface area contributed by atoms with E-state index in [1.807, 2.05) is 80.3 Å². The lowest BCUT2D eigenvalue weighted by Crippen LogP contribution is -2.55. The van der Waals surface area contributed by atoms with E-state index in [2.05, 4.69) is 11.9 Å². The van der Waals surface area contributed by atoms with Crippen LogP contribution >= 0.6 is 0 Å². The molecule has 0 spiro atoms. The second kappa shape index (κ2) is 15.0. The molecule has 2 saturated heterocycles. The average molecular weight is 711 g/mol. The lowest BCUT2D eigenvalue weighted by Gasteiger charge is -2.35. The van der Waals surface area contributed by atoms with Crippen molar-refractivity contribution in [1.82, 2.24) is 20.1 Å². The number of benzene rings is 2. The summed E-state index contributed by atoms with van der Waals surface area (Å²) < 4.78 is 17.6. The van der Waals surface area contributed by atoms with Crippen molar-refractivity contribution >= 4 is 34.6 Å². The minimum absolute atomic E-state index is 0.0429. The highest BCUT2D eigenvalue weighted by atomic mass is 16.5. The number of aromatic nitrogens is 1. The maximum atomic E-state index is 14.7. The maximum Gasteiger partial charge on any atom is 0.332 e. The molecule has 52 heavy (non-hydrogen) atoms. The van der Waals surface area contributed by atoms with E-state index < -0.39 is 40.9 Å². The molecule has 5 atom stereocenters. The lowest BCUT2D eigenvalue weighted by molar-refractivity contribution is -0.151. The second-order valence-electron chi connectivity index (χ2n) is 15.2. The molecule has 11 heteroatoms. The fourth-order valence-corrected chi connectivity index (χ4v) is 7.51. The van der Waals surface area contributed by atoms with Gasteiger partial charge in [-0.2, -0.15) is 0 Å². The molecule has 1 aliphatic carbocycles. The average Bonchev–Trinajstić information content (AvgIpc) is 3.42. The number of hydrogen-bond donors (Lipinski definition) is 1. The van der Waals surface area contributed by atoms with E-state index in [9.17, 15) is 19.2 Å². The van der Waals surface area contributed by atoms with Gasteiger partial charge in [0.1, 0.15) is 29.2 Å². The molecule has 11 nitrogen and oxygen atoms in total. The van der Waals surface area contributed by atoms with Gasteiger partial charge in [-0.15, -0.1) is 6.58 Å². The van der Waals surface area contributed by atoms with Crippen molar-refractivity contribution in [2.75, 3.05) is 33.4 Å². The number of methoxy groups -OCH3 is 1. The zero-order valence-corrected chi connectivity index (χ0v) is 30.9. The van der Waals surface area contributed by atoms with E-state index in [0.29, 0.717) is 42.2 Å². The molecular formula is C41H50N4O7. The fraction of sp³-hybridized carbons (Fsp3) is 0.488. The number of nitrogens with zero attached hydrogens (tertiary/aromatic N) is 3. The molecule has 2 aliphatic heterocycles. The summed E-state index contributed by atoms with van der Waals surface area (Å²) in [5.74, 6) is -1.10. The Kier molecular flexibility index (Phi) is 10.6. The molecule has 3 aromatic rings. The number of hydrogen-bond acceptors (Lipinski definition) is 8. The van der Waals surface area contributed by atoms with E-state index in [1.54, 1.807) is 25.0 Å². The van der Waals surface area contributed by atoms with E-state index in [-0.39, 0.29) is 43.7 Å². The quantitative estimate of drug-likeness (QED) is 0.191. The van der Waals surface area contributed by atoms with Crippen LogP contribution in [-0.4, -0.2) is 89.5 Å². The van der Waals surface area contributed by atoms with Crippen LogP contribution in [0.15, 0.2) is 67.3 Å². The number of pyridine rings is 1. The number of esters is 1. The van der Waals surface area contributed by atoms with Gasteiger partial charge >= 0.3 is 5.97 Å². The monoisotopic (exact) mass is 710 g/mol. The van der Waals surface area contributed by atoms with Crippen LogP contribution in [0.4, 0.5) is 0 Å². The smallest absolute Gasteiger partial charge is 0.332 e. The van der Waals surface area contributed by atoms with Crippen LogP contribution in [-0.2, 0) is 23.9 Å². The van der Waals surface area contributed by atoms with Crippen molar-refractivity contribution in [2.45, 2.75) is 77.5 Å². The van der Waals surface area contributed by atoms with Gasteiger partial charge in [0.2, 0.25) is 17.7 Å². The molecule has 0 radical (unpaired) electrons. The summed E-state index contributed by atoms with van der Waals surface area (Å²) in [7, 11) is 1.60. The summed E-state index contributed by atoms with van der Waals surface area (Å²) in [5.41, 5.74) is 0.463. The Labute approximate surface area is 305 Å². The molecule has 0 bridgehead atoms. The van der Waals surface area contributed by atoms with Gasteiger partial charge < -0.3 is 29.3 Å². The first-order valence-corrected chi connectivity index (χ1v) is 18.3. The first-order chi connectivity index (χ1) is 24.9. The SMILES string of the molecule is C=CC1CC1(NC(=O)[C@@H]1C[C@@H](Oc2cc(-c3ccccc3)nc3cc(OC)ccc23)CN1C(=O)[C@@H](CC(=O)N1CCCC1)C(C)(C)C)C(=O)OCC. The van der Waals surface area contributed by atoms with E-state index in [4.69, 9.17) is 19.2 Å². The Morgan fingerprint density at radius 2 is 1.81 bits per heavy atom. The molecule has 3 aliphatic rings. The molecule has 276 valence electrons. The van der Waals surface area contributed by atoms with Gasteiger partial charge in [0.15, 0.2) is 0 Å². The molecule has 6 rings (SSSR count). The summed E-state index contributed by atoms with van der Waals surface area (Å²) in [6, 6.07) is 16.3. The molecule has 3 amide bonds. The number of likely N-dealkylation sites (tertiary alicyclic amines) is 2. The van der Waals surface area contributed by atoms with Crippen molar-refractivity contribution in [3.8, 4) is 22.8 Å². The van der Waals surface area contributed by atoms with Crippen LogP contribution in [0.5, 0.6) is 11.5 Å². The van der Waals surface area contributed by atoms with Crippen LogP contribution < -0.4 is 14.8 Å². The van der Waals surface area contributed by atoms with Crippen molar-refractivity contribution in [2.24, 2.45) is 17.3 Å². The van der Waals surface area contributed by atoms with Gasteiger partial charge in [0, 0.05) is 54.9 Å². The van der Waals surface area contributed by atoms with Crippen molar-refractivity contribution in [3.05, 3.63) is 67.3 Å². The molecular weight excluding hydrogens is 660 g/mol. The van der Waals surface area contributed by atoms with Crippen LogP contribution in [0, 0.1) is 17.3 Å². The molecule has 1 aromatic heterocycles. The second-order valence-corrected chi connectivity index (χ2v) is 15.2. The summed E-state index contributed by atoms with van der Waals surface area (Å²) in [4.78, 5) is 63.9. The predicted molar refractivity (Wildman–Crippen MR) is 197 cm³/mol. The van der Waals surface area contributed by atoms with Crippen LogP contribution in [0.25, 0.3) is 22.2 Å². The molecule has 3 fully saturated rings. The van der Waals surface area contributed by atoms with Gasteiger partial charge in [0.05, 0.1) is 37.4 Å². The Hall–Kier alpha value is -4.93. The fourth-order valence-electron chi connectivity index (χ4n) is 7.51. The highest BCUT2D eigenvalue weighted by molar-refractivity contribution is 5.96. The Morgan fingerprint density at radius 3 is 2.44 bits per heavy atom. The van der Waals surface area contributed by atoms with E-state index in [0.717, 1.165) is 23.8 Å². The van der Waals surface area contributed by atoms with Gasteiger partial charge in [0.25, 0.3) is 0 Å². The maximum absolute atomic E-state index is 14.7. The van der Waals surface area contributed by atoms with Crippen molar-refractivity contribution in [3.63, 3.8) is 0 Å². The molecule has 1 saturated carbocycles. The minimum Gasteiger partial charge on any atom is -0.497 e. The summed E-state index contributed by atoms with van der Waals surface area (Å²) in [5, 5.41) is 3.72. The first kappa shape index (κ1) is 36.8. The number of amides is 3. The number of carbonyl (C=O) groups excluding carboxylic acids is 4. The van der Waals surface area contributed by atoms with Gasteiger partial charge in [-0.05, 0) is 43.7 Å². The van der Waals surface area contributed by atoms with Crippen LogP contribution in [0.3, 0.4) is 0 Å². The summed E-state index contributed by atoms with van der Waals surface area (Å²) in [6.07, 6.45) is 3.54. The van der Waals surface area contributed by atoms with E-state index in [1.165, 1.54) is 0 Å². The van der Waals surface area contributed by atoms with E-state index >= 15 is 0 Å². The molecule has 2 unspecified atom stereocenters. The van der Waals surface area contributed by atoms with Crippen LogP contribution in [0.2, 0.25) is 0 Å². The molecule has 1 N–H and O–H groups in total. The zero-order valence-electron chi connectivity index (χ0n) is 30.9. The molecule has 3 heterocycles. The highest BCUT2D eigenvalue weighted by Gasteiger charge is 2.62. The number of fused-ring (bicyclic) bond motifs is 1. The van der Waals surface area contributed by atoms with Crippen LogP contribution in [0.1, 0.15) is 59.8 Å². The van der Waals surface area contributed by atoms with Gasteiger partial charge in [-0.1, -0.05) is 57.2 Å². The van der Waals surface area contributed by atoms with Gasteiger partial charge in [-0.25, -0.2) is 9.78 Å². The number of nitrogens with one attached hydrogen (secondary N) is 1. The topological polar surface area (TPSA) is 127 Å². The van der Waals surface area contributed by atoms with Crippen molar-refractivity contribution in [1.29, 1.82) is 0 Å². The highest BCUT2D eigenvalue weighted by Crippen LogP contribution is 2.46. The van der Waals surface area contributed by atoms with Crippen molar-refractivity contribution < 1.29 is 33.4 Å². The standard InChI is InChI=1S/C41H50N4O7/c1-7-27-24-41(27,39(49)51-8-2)43-37(47)34-21-29(25-45(34)38(48)31(40(3,4)5)22-36(46)44-18-12-13-19-44)52-35-23-32(26-14-10-9-11-15-26)42-33-20-28(50-6)16-17-30(33)35/h7,9-11,14-17,20,23,27,29,31,34H,1,8,12-13,18-19,21-22,24-25H2,2-6H3,(H,43,47)/t27?,29-,31-,34+,41?/m1/s1. The minimum atomic E-state index is -1.23. The normalized spacial score (nSPS) is 23.2. The predicted octanol–water partition coefficient (Wildman–Crippen LogP) is 5.56. The molecule has 2 aromatic carbocycles. The number of carbonyl (C=O) groups is 4. The Morgan fingerprint density at radius 1 is 1.08 bits per heavy atom. The lowest BCUT2D eigenvalue weighted by atomic mass is 9.77. The summed E-state index contributed by atoms with van der Waals surface area (Å²) >= 11 is 0. The number of ether oxygens (including phenoxy) is 3. The largest absolute Gasteiger partial charge is 0.497 e.